The average Bonchev–Trinajstić information content (AvgIpc) is 3.35. The van der Waals surface area contributed by atoms with Crippen molar-refractivity contribution in [3.63, 3.8) is 0 Å². The van der Waals surface area contributed by atoms with Gasteiger partial charge in [-0.1, -0.05) is 31.9 Å². The van der Waals surface area contributed by atoms with Crippen LogP contribution in [0.25, 0.3) is 6.08 Å². The Morgan fingerprint density at radius 3 is 2.68 bits per heavy atom. The Kier molecular flexibility index (Phi) is 10.5. The van der Waals surface area contributed by atoms with Crippen LogP contribution in [-0.4, -0.2) is 49.7 Å². The van der Waals surface area contributed by atoms with E-state index in [2.05, 4.69) is 46.4 Å². The van der Waals surface area contributed by atoms with E-state index in [0.29, 0.717) is 41.9 Å². The van der Waals surface area contributed by atoms with E-state index < -0.39 is 0 Å². The molecule has 0 aliphatic carbocycles. The van der Waals surface area contributed by atoms with E-state index in [1.54, 1.807) is 26.4 Å². The molecule has 196 valence electrons. The fourth-order valence-corrected chi connectivity index (χ4v) is 4.14. The molecule has 0 aromatic carbocycles. The molecule has 1 aromatic heterocycles. The van der Waals surface area contributed by atoms with Crippen LogP contribution in [0.1, 0.15) is 31.2 Å². The Hall–Kier alpha value is -3.91. The molecule has 0 atom stereocenters. The predicted octanol–water partition coefficient (Wildman–Crippen LogP) is 4.60. The molecule has 3 rings (SSSR count). The van der Waals surface area contributed by atoms with Gasteiger partial charge in [-0.15, -0.1) is 0 Å². The number of nitrogens with one attached hydrogen (secondary N) is 2. The van der Waals surface area contributed by atoms with Crippen molar-refractivity contribution in [2.75, 3.05) is 34.0 Å². The van der Waals surface area contributed by atoms with Crippen LogP contribution in [0, 0.1) is 5.92 Å². The normalized spacial score (nSPS) is 17.0. The van der Waals surface area contributed by atoms with Crippen molar-refractivity contribution in [3.8, 4) is 0 Å². The number of aliphatic imine (C=N–C) groups is 1. The van der Waals surface area contributed by atoms with Crippen LogP contribution in [-0.2, 0) is 20.6 Å². The molecule has 8 nitrogen and oxygen atoms in total. The molecular formula is C29H37N5O3. The van der Waals surface area contributed by atoms with Gasteiger partial charge >= 0.3 is 0 Å². The maximum absolute atomic E-state index is 5.46. The van der Waals surface area contributed by atoms with Crippen molar-refractivity contribution in [2.24, 2.45) is 10.9 Å². The van der Waals surface area contributed by atoms with Gasteiger partial charge in [-0.2, -0.15) is 0 Å². The summed E-state index contributed by atoms with van der Waals surface area (Å²) in [5.41, 5.74) is 5.71. The summed E-state index contributed by atoms with van der Waals surface area (Å²) in [6.07, 6.45) is 13.9. The minimum Gasteiger partial charge on any atom is -0.493 e. The van der Waals surface area contributed by atoms with E-state index in [9.17, 15) is 0 Å². The van der Waals surface area contributed by atoms with Crippen LogP contribution in [0.15, 0.2) is 95.7 Å². The zero-order valence-electron chi connectivity index (χ0n) is 22.0. The predicted molar refractivity (Wildman–Crippen MR) is 148 cm³/mol. The van der Waals surface area contributed by atoms with Crippen molar-refractivity contribution in [3.05, 3.63) is 102 Å². The van der Waals surface area contributed by atoms with Gasteiger partial charge in [0.15, 0.2) is 11.5 Å². The van der Waals surface area contributed by atoms with Gasteiger partial charge in [0.2, 0.25) is 0 Å². The van der Waals surface area contributed by atoms with Crippen LogP contribution in [0.2, 0.25) is 0 Å². The van der Waals surface area contributed by atoms with Gasteiger partial charge in [0.1, 0.15) is 6.33 Å². The largest absolute Gasteiger partial charge is 0.493 e. The number of hydrogen-bond donors (Lipinski definition) is 2. The first kappa shape index (κ1) is 27.7. The van der Waals surface area contributed by atoms with Gasteiger partial charge in [-0.05, 0) is 43.6 Å². The van der Waals surface area contributed by atoms with Crippen LogP contribution >= 0.6 is 0 Å². The van der Waals surface area contributed by atoms with Gasteiger partial charge in [0, 0.05) is 54.4 Å². The fourth-order valence-electron chi connectivity index (χ4n) is 4.14. The summed E-state index contributed by atoms with van der Waals surface area (Å²) in [5, 5.41) is 6.68. The van der Waals surface area contributed by atoms with Crippen molar-refractivity contribution in [2.45, 2.75) is 26.2 Å². The number of allylic oxidation sites excluding steroid dienone is 6. The molecule has 1 saturated heterocycles. The van der Waals surface area contributed by atoms with E-state index in [0.717, 1.165) is 54.4 Å². The third kappa shape index (κ3) is 8.61. The van der Waals surface area contributed by atoms with E-state index in [-0.39, 0.29) is 0 Å². The van der Waals surface area contributed by atoms with Crippen LogP contribution in [0.5, 0.6) is 0 Å². The molecule has 1 fully saturated rings. The second kappa shape index (κ2) is 14.0. The molecule has 2 aliphatic heterocycles. The Morgan fingerprint density at radius 1 is 1.19 bits per heavy atom. The lowest BCUT2D eigenvalue weighted by Gasteiger charge is -2.21. The lowest BCUT2D eigenvalue weighted by molar-refractivity contribution is 0.0830. The molecule has 8 heteroatoms. The summed E-state index contributed by atoms with van der Waals surface area (Å²) in [4.78, 5) is 13.4. The van der Waals surface area contributed by atoms with Gasteiger partial charge in [-0.3, -0.25) is 4.99 Å². The number of ether oxygens (including phenoxy) is 3. The number of methoxy groups -OCH3 is 2. The molecule has 2 aliphatic rings. The minimum absolute atomic E-state index is 0.424. The third-order valence-corrected chi connectivity index (χ3v) is 5.94. The van der Waals surface area contributed by atoms with Crippen molar-refractivity contribution < 1.29 is 14.2 Å². The van der Waals surface area contributed by atoms with Gasteiger partial charge in [0.25, 0.3) is 0 Å². The minimum atomic E-state index is 0.424. The Bertz CT molecular complexity index is 1150. The molecule has 0 bridgehead atoms. The molecular weight excluding hydrogens is 466 g/mol. The standard InChI is InChI=1S/C29H37N5O3/c1-7-8-23(14-25-15-26(32-19-31-25)17-29(36-6)21(3)35-5)13-20(2)33-22(4)34-27-16-28(30-18-27)24-9-11-37-12-10-24/h7-8,13,15-17,19,24,33-34H,1,3-4,9-12,14,18H2,2,5-6H3/b20-13+,23-8+,29-17+. The van der Waals surface area contributed by atoms with Gasteiger partial charge < -0.3 is 24.8 Å². The number of rotatable bonds is 13. The van der Waals surface area contributed by atoms with Crippen molar-refractivity contribution in [1.82, 2.24) is 20.6 Å². The van der Waals surface area contributed by atoms with Crippen LogP contribution in [0.4, 0.5) is 0 Å². The second-order valence-corrected chi connectivity index (χ2v) is 8.78. The summed E-state index contributed by atoms with van der Waals surface area (Å²) < 4.78 is 16.0. The highest BCUT2D eigenvalue weighted by atomic mass is 16.5. The highest BCUT2D eigenvalue weighted by Gasteiger charge is 2.21. The first-order valence-corrected chi connectivity index (χ1v) is 12.3. The number of nitrogens with zero attached hydrogens (tertiary/aromatic N) is 3. The van der Waals surface area contributed by atoms with E-state index in [1.165, 1.54) is 6.33 Å². The van der Waals surface area contributed by atoms with Crippen LogP contribution < -0.4 is 10.6 Å². The first-order valence-electron chi connectivity index (χ1n) is 12.3. The lowest BCUT2D eigenvalue weighted by atomic mass is 9.95. The molecule has 0 radical (unpaired) electrons. The Labute approximate surface area is 219 Å². The summed E-state index contributed by atoms with van der Waals surface area (Å²) in [7, 11) is 3.11. The topological polar surface area (TPSA) is 89.9 Å². The molecule has 0 spiro atoms. The lowest BCUT2D eigenvalue weighted by Crippen LogP contribution is -2.25. The molecule has 0 saturated carbocycles. The smallest absolute Gasteiger partial charge is 0.162 e. The van der Waals surface area contributed by atoms with Gasteiger partial charge in [-0.25, -0.2) is 9.97 Å². The van der Waals surface area contributed by atoms with E-state index in [4.69, 9.17) is 19.2 Å². The molecule has 3 heterocycles. The Balaban J connectivity index is 1.61. The third-order valence-electron chi connectivity index (χ3n) is 5.94. The average molecular weight is 504 g/mol. The number of hydrogen-bond acceptors (Lipinski definition) is 8. The SMILES string of the molecule is C=C/C=C(\C=C(/C)NC(=C)NC1=CC(C2CCOCC2)=NC1)Cc1cc(/C=C(/OC)C(=C)OC)ncn1. The molecule has 1 aromatic rings. The molecule has 37 heavy (non-hydrogen) atoms. The number of aromatic nitrogens is 2. The van der Waals surface area contributed by atoms with E-state index >= 15 is 0 Å². The van der Waals surface area contributed by atoms with Crippen molar-refractivity contribution in [1.29, 1.82) is 0 Å². The molecule has 0 unspecified atom stereocenters. The first-order chi connectivity index (χ1) is 17.9. The monoisotopic (exact) mass is 503 g/mol. The maximum atomic E-state index is 5.46. The summed E-state index contributed by atoms with van der Waals surface area (Å²) in [6.45, 7) is 16.1. The summed E-state index contributed by atoms with van der Waals surface area (Å²) >= 11 is 0. The van der Waals surface area contributed by atoms with Gasteiger partial charge in [0.05, 0.1) is 32.3 Å². The summed E-state index contributed by atoms with van der Waals surface area (Å²) in [5.74, 6) is 2.11. The Morgan fingerprint density at radius 2 is 1.97 bits per heavy atom. The highest BCUT2D eigenvalue weighted by molar-refractivity contribution is 5.99. The second-order valence-electron chi connectivity index (χ2n) is 8.78. The molecule has 2 N–H and O–H groups in total. The quantitative estimate of drug-likeness (QED) is 0.300. The van der Waals surface area contributed by atoms with E-state index in [1.807, 2.05) is 25.1 Å². The summed E-state index contributed by atoms with van der Waals surface area (Å²) in [6, 6.07) is 1.90. The zero-order chi connectivity index (χ0) is 26.6. The highest BCUT2D eigenvalue weighted by Crippen LogP contribution is 2.21. The van der Waals surface area contributed by atoms with Crippen molar-refractivity contribution >= 4 is 11.8 Å². The maximum Gasteiger partial charge on any atom is 0.162 e. The molecule has 0 amide bonds. The van der Waals surface area contributed by atoms with Crippen LogP contribution in [0.3, 0.4) is 0 Å². The zero-order valence-corrected chi connectivity index (χ0v) is 22.0. The fraction of sp³-hybridized carbons (Fsp3) is 0.345.